The zero-order valence-corrected chi connectivity index (χ0v) is 25.3. The average Bonchev–Trinajstić information content (AvgIpc) is 3.82. The molecular weight excluding hydrogens is 542 g/mol. The average molecular weight is 584 g/mol. The van der Waals surface area contributed by atoms with E-state index in [1.54, 1.807) is 11.6 Å². The minimum absolute atomic E-state index is 0.00860. The van der Waals surface area contributed by atoms with Crippen LogP contribution in [0.5, 0.6) is 6.01 Å². The third kappa shape index (κ3) is 5.44. The molecule has 0 spiro atoms. The maximum absolute atomic E-state index is 13.2. The van der Waals surface area contributed by atoms with Gasteiger partial charge < -0.3 is 29.3 Å². The van der Waals surface area contributed by atoms with Crippen molar-refractivity contribution in [2.45, 2.75) is 43.8 Å². The summed E-state index contributed by atoms with van der Waals surface area (Å²) < 4.78 is 8.13. The number of pyridine rings is 1. The number of hydrogen-bond acceptors (Lipinski definition) is 10. The lowest BCUT2D eigenvalue weighted by atomic mass is 10.0. The Morgan fingerprint density at radius 3 is 2.70 bits per heavy atom. The molecule has 0 unspecified atom stereocenters. The molecule has 2 saturated heterocycles. The van der Waals surface area contributed by atoms with Gasteiger partial charge >= 0.3 is 6.01 Å². The summed E-state index contributed by atoms with van der Waals surface area (Å²) in [5.74, 6) is 0.933. The van der Waals surface area contributed by atoms with Crippen molar-refractivity contribution in [1.29, 1.82) is 5.26 Å². The Morgan fingerprint density at radius 2 is 1.91 bits per heavy atom. The van der Waals surface area contributed by atoms with Crippen molar-refractivity contribution in [3.05, 3.63) is 52.1 Å². The number of nitriles is 1. The molecule has 1 atom stereocenters. The highest BCUT2D eigenvalue weighted by atomic mass is 16.5. The normalized spacial score (nSPS) is 22.3. The predicted octanol–water partition coefficient (Wildman–Crippen LogP) is 1.74. The second kappa shape index (κ2) is 11.4. The van der Waals surface area contributed by atoms with E-state index in [-0.39, 0.29) is 17.1 Å². The summed E-state index contributed by atoms with van der Waals surface area (Å²) in [6.07, 6.45) is 5.35. The maximum Gasteiger partial charge on any atom is 0.318 e. The fourth-order valence-electron chi connectivity index (χ4n) is 6.99. The molecule has 0 amide bonds. The standard InChI is InChI=1S/C32H41N9O2/c1-37-16-18-41(19-17-37)32(9-10-32)22-43-31-35-26-21-39(27-5-3-4-23-7-13-38(2)30(42)28(23)27)14-8-25(26)29(36-31)40-15-12-34-24(20-40)6-11-33/h3-5,7,13,24,34H,6,8-10,12,14-22H2,1-2H3/t24-/m0/s1. The first-order valence-electron chi connectivity index (χ1n) is 15.6. The molecule has 3 fully saturated rings. The molecule has 0 radical (unpaired) electrons. The van der Waals surface area contributed by atoms with Gasteiger partial charge in [-0.05, 0) is 43.8 Å². The van der Waals surface area contributed by atoms with Gasteiger partial charge in [0.1, 0.15) is 12.4 Å². The van der Waals surface area contributed by atoms with Crippen LogP contribution in [0.1, 0.15) is 30.5 Å². The van der Waals surface area contributed by atoms with Crippen molar-refractivity contribution in [1.82, 2.24) is 29.7 Å². The molecule has 226 valence electrons. The first kappa shape index (κ1) is 28.1. The van der Waals surface area contributed by atoms with E-state index in [1.165, 1.54) is 0 Å². The van der Waals surface area contributed by atoms with Gasteiger partial charge in [0.05, 0.1) is 41.3 Å². The van der Waals surface area contributed by atoms with E-state index in [4.69, 9.17) is 14.7 Å². The smallest absolute Gasteiger partial charge is 0.318 e. The van der Waals surface area contributed by atoms with Crippen molar-refractivity contribution in [3.8, 4) is 12.1 Å². The number of nitrogens with one attached hydrogen (secondary N) is 1. The Balaban J connectivity index is 1.20. The van der Waals surface area contributed by atoms with Crippen LogP contribution in [-0.4, -0.2) is 102 Å². The molecule has 1 aliphatic carbocycles. The van der Waals surface area contributed by atoms with Crippen molar-refractivity contribution in [2.75, 3.05) is 75.8 Å². The van der Waals surface area contributed by atoms with Crippen molar-refractivity contribution in [2.24, 2.45) is 7.05 Å². The quantitative estimate of drug-likeness (QED) is 0.442. The van der Waals surface area contributed by atoms with E-state index in [1.807, 2.05) is 30.5 Å². The summed E-state index contributed by atoms with van der Waals surface area (Å²) >= 11 is 0. The van der Waals surface area contributed by atoms with Crippen molar-refractivity contribution < 1.29 is 4.74 Å². The minimum atomic E-state index is 0.00860. The molecule has 43 heavy (non-hydrogen) atoms. The largest absolute Gasteiger partial charge is 0.461 e. The highest BCUT2D eigenvalue weighted by Gasteiger charge is 2.49. The molecule has 2 aromatic heterocycles. The van der Waals surface area contributed by atoms with E-state index < -0.39 is 0 Å². The minimum Gasteiger partial charge on any atom is -0.461 e. The highest BCUT2D eigenvalue weighted by molar-refractivity contribution is 5.93. The molecular formula is C32H41N9O2. The summed E-state index contributed by atoms with van der Waals surface area (Å²) in [6.45, 7) is 8.59. The monoisotopic (exact) mass is 583 g/mol. The van der Waals surface area contributed by atoms with E-state index in [0.29, 0.717) is 25.6 Å². The summed E-state index contributed by atoms with van der Waals surface area (Å²) in [7, 11) is 3.99. The molecule has 1 saturated carbocycles. The Bertz CT molecular complexity index is 1600. The van der Waals surface area contributed by atoms with Crippen LogP contribution in [0.15, 0.2) is 35.3 Å². The van der Waals surface area contributed by atoms with Crippen LogP contribution in [0.2, 0.25) is 0 Å². The fraction of sp³-hybridized carbons (Fsp3) is 0.562. The second-order valence-corrected chi connectivity index (χ2v) is 12.7. The third-order valence-electron chi connectivity index (χ3n) is 9.81. The van der Waals surface area contributed by atoms with Crippen LogP contribution < -0.4 is 25.4 Å². The molecule has 11 heteroatoms. The molecule has 3 aliphatic heterocycles. The number of hydrogen-bond donors (Lipinski definition) is 1. The van der Waals surface area contributed by atoms with Crippen LogP contribution in [0.3, 0.4) is 0 Å². The summed E-state index contributed by atoms with van der Waals surface area (Å²) in [5.41, 5.74) is 3.14. The zero-order valence-electron chi connectivity index (χ0n) is 25.3. The summed E-state index contributed by atoms with van der Waals surface area (Å²) in [6, 6.07) is 10.9. The topological polar surface area (TPSA) is 106 Å². The summed E-state index contributed by atoms with van der Waals surface area (Å²) in [5, 5.41) is 14.5. The summed E-state index contributed by atoms with van der Waals surface area (Å²) in [4.78, 5) is 32.9. The van der Waals surface area contributed by atoms with Crippen LogP contribution >= 0.6 is 0 Å². The van der Waals surface area contributed by atoms with Gasteiger partial charge in [-0.3, -0.25) is 9.69 Å². The SMILES string of the molecule is CN1CCN(C2(COc3nc4c(c(N5CCN[C@@H](CC#N)C5)n3)CCN(c3cccc5ccn(C)c(=O)c35)C4)CC2)CC1. The number of aryl methyl sites for hydroxylation is 1. The van der Waals surface area contributed by atoms with Gasteiger partial charge in [-0.25, -0.2) is 0 Å². The number of benzene rings is 1. The highest BCUT2D eigenvalue weighted by Crippen LogP contribution is 2.42. The molecule has 3 aromatic rings. The fourth-order valence-corrected chi connectivity index (χ4v) is 6.99. The number of aromatic nitrogens is 3. The second-order valence-electron chi connectivity index (χ2n) is 12.7. The number of anilines is 2. The molecule has 7 rings (SSSR count). The Labute approximate surface area is 252 Å². The van der Waals surface area contributed by atoms with Crippen LogP contribution in [-0.2, 0) is 20.0 Å². The molecule has 4 aliphatic rings. The number of piperazine rings is 2. The molecule has 5 heterocycles. The third-order valence-corrected chi connectivity index (χ3v) is 9.81. The lowest BCUT2D eigenvalue weighted by Gasteiger charge is -2.38. The lowest BCUT2D eigenvalue weighted by molar-refractivity contribution is 0.0650. The van der Waals surface area contributed by atoms with Gasteiger partial charge in [-0.2, -0.15) is 15.2 Å². The first-order valence-corrected chi connectivity index (χ1v) is 15.6. The van der Waals surface area contributed by atoms with Crippen LogP contribution in [0.4, 0.5) is 11.5 Å². The molecule has 1 N–H and O–H groups in total. The van der Waals surface area contributed by atoms with Crippen molar-refractivity contribution in [3.63, 3.8) is 0 Å². The number of fused-ring (bicyclic) bond motifs is 2. The Morgan fingerprint density at radius 1 is 1.07 bits per heavy atom. The maximum atomic E-state index is 13.2. The van der Waals surface area contributed by atoms with E-state index in [2.05, 4.69) is 38.0 Å². The van der Waals surface area contributed by atoms with E-state index in [0.717, 1.165) is 105 Å². The Kier molecular flexibility index (Phi) is 7.45. The number of ether oxygens (including phenoxy) is 1. The Hall–Kier alpha value is -3.72. The molecule has 11 nitrogen and oxygen atoms in total. The predicted molar refractivity (Wildman–Crippen MR) is 167 cm³/mol. The van der Waals surface area contributed by atoms with Crippen LogP contribution in [0, 0.1) is 11.3 Å². The molecule has 0 bridgehead atoms. The lowest BCUT2D eigenvalue weighted by Crippen LogP contribution is -2.52. The zero-order chi connectivity index (χ0) is 29.6. The first-order chi connectivity index (χ1) is 20.9. The van der Waals surface area contributed by atoms with Crippen LogP contribution in [0.25, 0.3) is 10.8 Å². The van der Waals surface area contributed by atoms with Crippen molar-refractivity contribution >= 4 is 22.3 Å². The number of likely N-dealkylation sites (N-methyl/N-ethyl adjacent to an activating group) is 1. The van der Waals surface area contributed by atoms with Gasteiger partial charge in [-0.15, -0.1) is 0 Å². The van der Waals surface area contributed by atoms with E-state index in [9.17, 15) is 10.1 Å². The number of rotatable bonds is 7. The van der Waals surface area contributed by atoms with Gasteiger partial charge in [0.2, 0.25) is 0 Å². The van der Waals surface area contributed by atoms with Gasteiger partial charge in [0, 0.05) is 77.2 Å². The van der Waals surface area contributed by atoms with Gasteiger partial charge in [0.15, 0.2) is 0 Å². The van der Waals surface area contributed by atoms with Gasteiger partial charge in [-0.1, -0.05) is 12.1 Å². The molecule has 1 aromatic carbocycles. The van der Waals surface area contributed by atoms with E-state index >= 15 is 0 Å². The number of nitrogens with zero attached hydrogens (tertiary/aromatic N) is 8. The van der Waals surface area contributed by atoms with Gasteiger partial charge in [0.25, 0.3) is 5.56 Å².